The van der Waals surface area contributed by atoms with Crippen molar-refractivity contribution in [1.82, 2.24) is 0 Å². The summed E-state index contributed by atoms with van der Waals surface area (Å²) >= 11 is 0. The second-order valence-corrected chi connectivity index (χ2v) is 13.4. The van der Waals surface area contributed by atoms with Gasteiger partial charge < -0.3 is 5.11 Å². The van der Waals surface area contributed by atoms with Crippen LogP contribution in [0.2, 0.25) is 0 Å². The molecule has 4 saturated carbocycles. The first-order chi connectivity index (χ1) is 15.2. The van der Waals surface area contributed by atoms with Crippen molar-refractivity contribution in [3.05, 3.63) is 11.6 Å². The summed E-state index contributed by atoms with van der Waals surface area (Å²) in [4.78, 5) is 13.5. The zero-order chi connectivity index (χ0) is 22.7. The third-order valence-corrected chi connectivity index (χ3v) is 12.0. The van der Waals surface area contributed by atoms with Crippen molar-refractivity contribution in [2.45, 2.75) is 117 Å². The molecule has 5 aliphatic carbocycles. The Balaban J connectivity index is 1.27. The smallest absolute Gasteiger partial charge is 0.159 e. The summed E-state index contributed by atoms with van der Waals surface area (Å²) in [5.41, 5.74) is 1.78. The number of hydrogen-bond acceptors (Lipinski definition) is 2. The first-order valence-electron chi connectivity index (χ1n) is 14.2. The Morgan fingerprint density at radius 1 is 0.969 bits per heavy atom. The molecular formula is C30H48O2. The van der Waals surface area contributed by atoms with Crippen LogP contribution in [0.4, 0.5) is 0 Å². The molecule has 2 nitrogen and oxygen atoms in total. The van der Waals surface area contributed by atoms with Gasteiger partial charge in [-0.3, -0.25) is 4.79 Å². The number of ketones is 1. The molecule has 0 aromatic carbocycles. The fraction of sp³-hybridized carbons (Fsp3) is 0.900. The second-order valence-electron chi connectivity index (χ2n) is 13.4. The first kappa shape index (κ1) is 23.1. The van der Waals surface area contributed by atoms with E-state index in [-0.39, 0.29) is 17.4 Å². The van der Waals surface area contributed by atoms with E-state index in [0.717, 1.165) is 42.9 Å². The van der Waals surface area contributed by atoms with E-state index in [4.69, 9.17) is 0 Å². The molecule has 5 aliphatic rings. The van der Waals surface area contributed by atoms with Crippen LogP contribution in [0.15, 0.2) is 11.6 Å². The van der Waals surface area contributed by atoms with Crippen molar-refractivity contribution in [3.63, 3.8) is 0 Å². The number of allylic oxidation sites excluding steroid dienone is 1. The summed E-state index contributed by atoms with van der Waals surface area (Å²) < 4.78 is 0. The molecule has 0 aliphatic heterocycles. The maximum atomic E-state index is 13.5. The van der Waals surface area contributed by atoms with Crippen molar-refractivity contribution in [1.29, 1.82) is 0 Å². The summed E-state index contributed by atoms with van der Waals surface area (Å²) in [5.74, 6) is 5.28. The van der Waals surface area contributed by atoms with Crippen molar-refractivity contribution in [3.8, 4) is 0 Å². The van der Waals surface area contributed by atoms with E-state index in [1.165, 1.54) is 69.8 Å². The molecule has 32 heavy (non-hydrogen) atoms. The zero-order valence-corrected chi connectivity index (χ0v) is 21.2. The summed E-state index contributed by atoms with van der Waals surface area (Å²) in [6.07, 6.45) is 18.2. The fourth-order valence-corrected chi connectivity index (χ4v) is 9.57. The highest BCUT2D eigenvalue weighted by atomic mass is 16.3. The van der Waals surface area contributed by atoms with Crippen molar-refractivity contribution >= 4 is 5.78 Å². The lowest BCUT2D eigenvalue weighted by Gasteiger charge is -2.57. The molecule has 0 aromatic rings. The van der Waals surface area contributed by atoms with Crippen LogP contribution in [0.3, 0.4) is 0 Å². The molecular weight excluding hydrogens is 392 g/mol. The van der Waals surface area contributed by atoms with Gasteiger partial charge in [-0.25, -0.2) is 0 Å². The lowest BCUT2D eigenvalue weighted by Crippen LogP contribution is -2.53. The lowest BCUT2D eigenvalue weighted by molar-refractivity contribution is -0.135. The predicted molar refractivity (Wildman–Crippen MR) is 131 cm³/mol. The fourth-order valence-electron chi connectivity index (χ4n) is 9.57. The first-order valence-corrected chi connectivity index (χ1v) is 14.2. The maximum absolute atomic E-state index is 13.5. The maximum Gasteiger partial charge on any atom is 0.159 e. The number of carbonyl (C=O) groups excluding carboxylic acids is 1. The van der Waals surface area contributed by atoms with Crippen molar-refractivity contribution in [2.24, 2.45) is 52.3 Å². The van der Waals surface area contributed by atoms with Gasteiger partial charge in [0.2, 0.25) is 0 Å². The van der Waals surface area contributed by atoms with Crippen LogP contribution >= 0.6 is 0 Å². The largest absolute Gasteiger partial charge is 0.393 e. The number of aliphatic hydroxyl groups is 1. The van der Waals surface area contributed by atoms with Crippen LogP contribution in [0.1, 0.15) is 111 Å². The summed E-state index contributed by atoms with van der Waals surface area (Å²) in [7, 11) is 0. The minimum atomic E-state index is -0.240. The Kier molecular flexibility index (Phi) is 6.18. The molecule has 5 rings (SSSR count). The van der Waals surface area contributed by atoms with Gasteiger partial charge in [0, 0.05) is 5.92 Å². The molecule has 6 unspecified atom stereocenters. The SMILES string of the molecule is CC(CCCC(C)C1CCC2C3C(=O)C=C4C[C@@H](O)CC[C@]4(C)C3CC[C@]12C)C1CCC1. The highest BCUT2D eigenvalue weighted by Crippen LogP contribution is 2.66. The van der Waals surface area contributed by atoms with Crippen LogP contribution in [-0.4, -0.2) is 17.0 Å². The number of aliphatic hydroxyl groups excluding tert-OH is 1. The van der Waals surface area contributed by atoms with Crippen LogP contribution in [0, 0.1) is 52.3 Å². The average Bonchev–Trinajstić information content (AvgIpc) is 3.05. The van der Waals surface area contributed by atoms with Gasteiger partial charge in [0.15, 0.2) is 5.78 Å². The van der Waals surface area contributed by atoms with Gasteiger partial charge in [-0.2, -0.15) is 0 Å². The van der Waals surface area contributed by atoms with Crippen LogP contribution < -0.4 is 0 Å². The third-order valence-electron chi connectivity index (χ3n) is 12.0. The third kappa shape index (κ3) is 3.66. The van der Waals surface area contributed by atoms with Crippen molar-refractivity contribution < 1.29 is 9.90 Å². The topological polar surface area (TPSA) is 37.3 Å². The molecule has 0 amide bonds. The molecule has 0 spiro atoms. The van der Waals surface area contributed by atoms with E-state index < -0.39 is 0 Å². The van der Waals surface area contributed by atoms with Gasteiger partial charge in [-0.1, -0.05) is 71.8 Å². The van der Waals surface area contributed by atoms with Gasteiger partial charge in [-0.15, -0.1) is 0 Å². The second kappa shape index (κ2) is 8.54. The van der Waals surface area contributed by atoms with Gasteiger partial charge >= 0.3 is 0 Å². The Morgan fingerprint density at radius 3 is 2.44 bits per heavy atom. The molecule has 180 valence electrons. The van der Waals surface area contributed by atoms with E-state index in [1.807, 2.05) is 6.08 Å². The van der Waals surface area contributed by atoms with Gasteiger partial charge in [-0.05, 0) is 97.4 Å². The molecule has 0 bridgehead atoms. The predicted octanol–water partition coefficient (Wildman–Crippen LogP) is 7.35. The van der Waals surface area contributed by atoms with E-state index in [2.05, 4.69) is 27.7 Å². The van der Waals surface area contributed by atoms with Gasteiger partial charge in [0.1, 0.15) is 0 Å². The van der Waals surface area contributed by atoms with E-state index in [0.29, 0.717) is 23.0 Å². The molecule has 9 atom stereocenters. The molecule has 1 N–H and O–H groups in total. The highest BCUT2D eigenvalue weighted by molar-refractivity contribution is 5.94. The summed E-state index contributed by atoms with van der Waals surface area (Å²) in [5, 5.41) is 10.2. The Bertz CT molecular complexity index is 750. The number of rotatable bonds is 6. The highest BCUT2D eigenvalue weighted by Gasteiger charge is 2.61. The summed E-state index contributed by atoms with van der Waals surface area (Å²) in [6.45, 7) is 10.0. The number of carbonyl (C=O) groups is 1. The quantitative estimate of drug-likeness (QED) is 0.469. The lowest BCUT2D eigenvalue weighted by atomic mass is 9.46. The summed E-state index contributed by atoms with van der Waals surface area (Å²) in [6, 6.07) is 0. The van der Waals surface area contributed by atoms with Crippen LogP contribution in [0.5, 0.6) is 0 Å². The van der Waals surface area contributed by atoms with Gasteiger partial charge in [0.05, 0.1) is 6.10 Å². The number of fused-ring (bicyclic) bond motifs is 5. The van der Waals surface area contributed by atoms with E-state index in [9.17, 15) is 9.90 Å². The molecule has 0 saturated heterocycles. The molecule has 0 heterocycles. The Labute approximate surface area is 197 Å². The molecule has 4 fully saturated rings. The van der Waals surface area contributed by atoms with Crippen LogP contribution in [0.25, 0.3) is 0 Å². The zero-order valence-electron chi connectivity index (χ0n) is 21.2. The Hall–Kier alpha value is -0.630. The van der Waals surface area contributed by atoms with Crippen molar-refractivity contribution in [2.75, 3.05) is 0 Å². The minimum absolute atomic E-state index is 0.153. The molecule has 0 radical (unpaired) electrons. The average molecular weight is 441 g/mol. The monoisotopic (exact) mass is 440 g/mol. The molecule has 0 aromatic heterocycles. The normalized spacial score (nSPS) is 45.8. The standard InChI is InChI=1S/C30H48O2/c1-19(21-9-6-10-21)7-5-8-20(2)24-11-12-25-28-26(14-16-30(24,25)4)29(3)15-13-23(31)17-22(29)18-27(28)32/h18-21,23-26,28,31H,5-17H2,1-4H3/t19?,20?,23-,24?,25?,26?,28?,29-,30+/m0/s1. The number of hydrogen-bond donors (Lipinski definition) is 1. The Morgan fingerprint density at radius 2 is 1.72 bits per heavy atom. The molecule has 2 heteroatoms. The van der Waals surface area contributed by atoms with Crippen LogP contribution in [-0.2, 0) is 4.79 Å². The minimum Gasteiger partial charge on any atom is -0.393 e. The van der Waals surface area contributed by atoms with Gasteiger partial charge in [0.25, 0.3) is 0 Å². The van der Waals surface area contributed by atoms with E-state index >= 15 is 0 Å². The van der Waals surface area contributed by atoms with E-state index in [1.54, 1.807) is 0 Å².